The van der Waals surface area contributed by atoms with Gasteiger partial charge in [-0.3, -0.25) is 52.7 Å². The quantitative estimate of drug-likeness (QED) is 0.0413. The molecular formula is C46H72N10O17. The predicted molar refractivity (Wildman–Crippen MR) is 252 cm³/mol. The number of carbonyl (C=O) groups is 12. The first kappa shape index (κ1) is 59.1. The van der Waals surface area contributed by atoms with Gasteiger partial charge in [-0.25, -0.2) is 4.79 Å². The number of likely N-dealkylation sites (tertiary alicyclic amines) is 4. The molecule has 27 heteroatoms. The molecule has 73 heavy (non-hydrogen) atoms. The highest BCUT2D eigenvalue weighted by Crippen LogP contribution is 2.25. The number of aliphatic carboxylic acids is 3. The Hall–Kier alpha value is -6.48. The molecule has 0 aromatic carbocycles. The fourth-order valence-corrected chi connectivity index (χ4v) is 9.70. The number of aliphatic hydroxyl groups excluding tert-OH is 2. The molecule has 4 aliphatic heterocycles. The molecule has 4 rings (SSSR count). The van der Waals surface area contributed by atoms with Crippen LogP contribution in [-0.2, 0) is 57.5 Å². The van der Waals surface area contributed by atoms with Crippen LogP contribution in [0.5, 0.6) is 0 Å². The summed E-state index contributed by atoms with van der Waals surface area (Å²) in [4.78, 5) is 163. The average Bonchev–Trinajstić information content (AvgIpc) is 4.19. The largest absolute Gasteiger partial charge is 0.481 e. The first-order valence-electron chi connectivity index (χ1n) is 24.8. The first-order chi connectivity index (χ1) is 34.4. The van der Waals surface area contributed by atoms with E-state index >= 15 is 0 Å². The van der Waals surface area contributed by atoms with Gasteiger partial charge in [0.2, 0.25) is 53.2 Å². The molecule has 27 nitrogen and oxygen atoms in total. The van der Waals surface area contributed by atoms with Crippen molar-refractivity contribution in [2.45, 2.75) is 165 Å². The molecule has 0 aromatic heterocycles. The van der Waals surface area contributed by atoms with Crippen LogP contribution in [0, 0.1) is 11.8 Å². The van der Waals surface area contributed by atoms with E-state index in [0.29, 0.717) is 12.8 Å². The summed E-state index contributed by atoms with van der Waals surface area (Å²) < 4.78 is 0. The van der Waals surface area contributed by atoms with Crippen molar-refractivity contribution in [3.63, 3.8) is 0 Å². The van der Waals surface area contributed by atoms with Gasteiger partial charge in [0.1, 0.15) is 60.4 Å². The molecule has 0 aromatic rings. The van der Waals surface area contributed by atoms with Crippen LogP contribution in [0.3, 0.4) is 0 Å². The number of carboxylic acid groups (broad SMARTS) is 3. The van der Waals surface area contributed by atoms with Crippen molar-refractivity contribution >= 4 is 71.1 Å². The number of nitrogens with two attached hydrogens (primary N) is 1. The molecule has 12 N–H and O–H groups in total. The third-order valence-corrected chi connectivity index (χ3v) is 13.5. The molecule has 0 radical (unpaired) electrons. The summed E-state index contributed by atoms with van der Waals surface area (Å²) in [7, 11) is 0. The standard InChI is InChI=1S/C46H72N10O17/c1-23(2)19-27(38(64)48-26(13-14-34(59)60)42(68)56-18-8-12-33(56)46(72)73)49-39(65)30-9-5-15-53(30)43(69)28(20-35(61)62)50-40(66)31-10-6-16-54(31)44(70)29(22-58)51-41(67)32-11-7-17-55(32)45(71)36(24(3)4)52-37(63)25(47)21-57/h23-33,36,57-58H,5-22,47H2,1-4H3,(H,48,64)(H,49,65)(H,50,66)(H,51,67)(H,52,63)(H,59,60)(H,61,62)(H,72,73)/t25-,26-,27-,28-,29-,30-,31-,32-,33-,36-/m0/s1. The highest BCUT2D eigenvalue weighted by Gasteiger charge is 2.45. The second-order valence-corrected chi connectivity index (χ2v) is 19.7. The molecule has 4 fully saturated rings. The Labute approximate surface area is 421 Å². The van der Waals surface area contributed by atoms with E-state index in [-0.39, 0.29) is 83.5 Å². The number of carboxylic acids is 3. The Kier molecular flexibility index (Phi) is 21.8. The number of rotatable bonds is 25. The van der Waals surface area contributed by atoms with Crippen LogP contribution >= 0.6 is 0 Å². The van der Waals surface area contributed by atoms with E-state index in [2.05, 4.69) is 26.6 Å². The topological polar surface area (TPSA) is 405 Å². The van der Waals surface area contributed by atoms with Crippen LogP contribution in [0.25, 0.3) is 0 Å². The Morgan fingerprint density at radius 2 is 0.932 bits per heavy atom. The maximum absolute atomic E-state index is 14.2. The van der Waals surface area contributed by atoms with Gasteiger partial charge >= 0.3 is 17.9 Å². The summed E-state index contributed by atoms with van der Waals surface area (Å²) in [6.07, 6.45) is -0.151. The number of amides is 9. The van der Waals surface area contributed by atoms with E-state index in [1.165, 1.54) is 4.90 Å². The Morgan fingerprint density at radius 3 is 1.36 bits per heavy atom. The van der Waals surface area contributed by atoms with E-state index in [1.807, 2.05) is 0 Å². The normalized spacial score (nSPS) is 22.2. The maximum atomic E-state index is 14.2. The van der Waals surface area contributed by atoms with Gasteiger partial charge in [-0.05, 0) is 76.0 Å². The highest BCUT2D eigenvalue weighted by atomic mass is 16.4. The van der Waals surface area contributed by atoms with Gasteiger partial charge in [-0.2, -0.15) is 0 Å². The summed E-state index contributed by atoms with van der Waals surface area (Å²) >= 11 is 0. The van der Waals surface area contributed by atoms with Gasteiger partial charge in [-0.15, -0.1) is 0 Å². The summed E-state index contributed by atoms with van der Waals surface area (Å²) in [5.41, 5.74) is 5.62. The average molecular weight is 1040 g/mol. The van der Waals surface area contributed by atoms with Gasteiger partial charge in [0.25, 0.3) is 0 Å². The zero-order valence-corrected chi connectivity index (χ0v) is 41.7. The summed E-state index contributed by atoms with van der Waals surface area (Å²) in [6, 6.07) is -13.4. The molecule has 4 aliphatic rings. The lowest BCUT2D eigenvalue weighted by molar-refractivity contribution is -0.150. The monoisotopic (exact) mass is 1040 g/mol. The van der Waals surface area contributed by atoms with E-state index in [0.717, 1.165) is 14.7 Å². The number of hydrogen-bond acceptors (Lipinski definition) is 15. The van der Waals surface area contributed by atoms with Crippen LogP contribution in [-0.4, -0.2) is 216 Å². The van der Waals surface area contributed by atoms with Crippen molar-refractivity contribution in [3.8, 4) is 0 Å². The molecule has 0 saturated carbocycles. The molecule has 0 bridgehead atoms. The SMILES string of the molecule is CC(C)C[C@H](NC(=O)[C@@H]1CCCN1C(=O)[C@H](CC(=O)O)NC(=O)[C@@H]1CCCN1C(=O)[C@H](CO)NC(=O)[C@@H]1CCCN1C(=O)[C@@H](NC(=O)[C@@H](N)CO)C(C)C)C(=O)N[C@@H](CCC(=O)O)C(=O)N1CCC[C@H]1C(=O)O. The lowest BCUT2D eigenvalue weighted by Gasteiger charge is -2.33. The van der Waals surface area contributed by atoms with Crippen LogP contribution in [0.2, 0.25) is 0 Å². The van der Waals surface area contributed by atoms with Crippen LogP contribution in [0.15, 0.2) is 0 Å². The minimum Gasteiger partial charge on any atom is -0.481 e. The van der Waals surface area contributed by atoms with Gasteiger partial charge in [-0.1, -0.05) is 27.7 Å². The zero-order valence-electron chi connectivity index (χ0n) is 41.7. The van der Waals surface area contributed by atoms with E-state index in [9.17, 15) is 83.1 Å². The third-order valence-electron chi connectivity index (χ3n) is 13.5. The molecule has 9 amide bonds. The van der Waals surface area contributed by atoms with E-state index in [1.54, 1.807) is 27.7 Å². The number of hydrogen-bond donors (Lipinski definition) is 11. The van der Waals surface area contributed by atoms with Gasteiger partial charge in [0.15, 0.2) is 0 Å². The first-order valence-corrected chi connectivity index (χ1v) is 24.8. The third kappa shape index (κ3) is 15.5. The highest BCUT2D eigenvalue weighted by molar-refractivity contribution is 6.00. The molecule has 408 valence electrons. The summed E-state index contributed by atoms with van der Waals surface area (Å²) in [6.45, 7) is 5.32. The van der Waals surface area contributed by atoms with Crippen LogP contribution in [0.4, 0.5) is 0 Å². The Balaban J connectivity index is 1.45. The maximum Gasteiger partial charge on any atom is 0.326 e. The minimum atomic E-state index is -1.76. The number of carbonyl (C=O) groups excluding carboxylic acids is 9. The van der Waals surface area contributed by atoms with Crippen molar-refractivity contribution in [3.05, 3.63) is 0 Å². The Bertz CT molecular complexity index is 2090. The van der Waals surface area contributed by atoms with Crippen molar-refractivity contribution in [2.75, 3.05) is 39.4 Å². The van der Waals surface area contributed by atoms with Gasteiger partial charge in [0.05, 0.1) is 19.6 Å². The molecule has 4 heterocycles. The minimum absolute atomic E-state index is 0.00958. The summed E-state index contributed by atoms with van der Waals surface area (Å²) in [5.74, 6) is -12.2. The molecule has 4 saturated heterocycles. The van der Waals surface area contributed by atoms with Crippen molar-refractivity contribution in [2.24, 2.45) is 17.6 Å². The molecule has 10 atom stereocenters. The fourth-order valence-electron chi connectivity index (χ4n) is 9.70. The molecule has 0 spiro atoms. The summed E-state index contributed by atoms with van der Waals surface area (Å²) in [5, 5.41) is 61.1. The molecular weight excluding hydrogens is 965 g/mol. The molecule has 0 aliphatic carbocycles. The predicted octanol–water partition coefficient (Wildman–Crippen LogP) is -4.19. The fraction of sp³-hybridized carbons (Fsp3) is 0.739. The van der Waals surface area contributed by atoms with Crippen molar-refractivity contribution in [1.82, 2.24) is 46.2 Å². The van der Waals surface area contributed by atoms with Crippen LogP contribution < -0.4 is 32.3 Å². The van der Waals surface area contributed by atoms with Crippen molar-refractivity contribution in [1.29, 1.82) is 0 Å². The Morgan fingerprint density at radius 1 is 0.507 bits per heavy atom. The lowest BCUT2D eigenvalue weighted by atomic mass is 10.0. The van der Waals surface area contributed by atoms with Gasteiger partial charge < -0.3 is 77.4 Å². The number of aliphatic hydroxyl groups is 2. The lowest BCUT2D eigenvalue weighted by Crippen LogP contribution is -2.61. The van der Waals surface area contributed by atoms with E-state index in [4.69, 9.17) is 5.73 Å². The number of nitrogens with zero attached hydrogens (tertiary/aromatic N) is 4. The smallest absolute Gasteiger partial charge is 0.326 e. The second kappa shape index (κ2) is 27.0. The molecule has 0 unspecified atom stereocenters. The van der Waals surface area contributed by atoms with Gasteiger partial charge in [0, 0.05) is 32.6 Å². The number of nitrogens with one attached hydrogen (secondary N) is 5. The van der Waals surface area contributed by atoms with E-state index < -0.39 is 163 Å². The second-order valence-electron chi connectivity index (χ2n) is 19.7. The van der Waals surface area contributed by atoms with Crippen LogP contribution in [0.1, 0.15) is 105 Å². The zero-order chi connectivity index (χ0) is 54.4. The van der Waals surface area contributed by atoms with Crippen molar-refractivity contribution < 1.29 is 83.1 Å².